The van der Waals surface area contributed by atoms with E-state index in [1.54, 1.807) is 24.3 Å². The molecule has 0 aromatic heterocycles. The Labute approximate surface area is 237 Å². The Bertz CT molecular complexity index is 1380. The smallest absolute Gasteiger partial charge is 0.326 e. The third kappa shape index (κ3) is 3.40. The Kier molecular flexibility index (Phi) is 5.82. The fourth-order valence-electron chi connectivity index (χ4n) is 5.92. The lowest BCUT2D eigenvalue weighted by molar-refractivity contribution is -0.152. The second kappa shape index (κ2) is 8.71. The van der Waals surface area contributed by atoms with Crippen molar-refractivity contribution in [2.24, 2.45) is 11.8 Å². The van der Waals surface area contributed by atoms with Crippen LogP contribution in [0.15, 0.2) is 77.3 Å². The third-order valence-corrected chi connectivity index (χ3v) is 10.7. The summed E-state index contributed by atoms with van der Waals surface area (Å²) in [6, 6.07) is 22.2. The van der Waals surface area contributed by atoms with Crippen LogP contribution in [0.2, 0.25) is 0 Å². The van der Waals surface area contributed by atoms with E-state index in [0.717, 1.165) is 31.6 Å². The van der Waals surface area contributed by atoms with E-state index in [1.807, 2.05) is 48.5 Å². The molecule has 186 valence electrons. The summed E-state index contributed by atoms with van der Waals surface area (Å²) >= 11 is 11.1. The first-order valence-electron chi connectivity index (χ1n) is 11.6. The minimum Gasteiger partial charge on any atom is -0.456 e. The molecule has 3 aromatic rings. The minimum atomic E-state index is -0.927. The third-order valence-electron chi connectivity index (χ3n) is 7.49. The van der Waals surface area contributed by atoms with Gasteiger partial charge in [0.15, 0.2) is 12.4 Å². The van der Waals surface area contributed by atoms with Gasteiger partial charge in [0.05, 0.1) is 20.5 Å². The monoisotopic (exact) mass is 685 g/mol. The van der Waals surface area contributed by atoms with Crippen LogP contribution in [-0.2, 0) is 27.8 Å². The van der Waals surface area contributed by atoms with Gasteiger partial charge >= 0.3 is 5.97 Å². The molecule has 0 unspecified atom stereocenters. The van der Waals surface area contributed by atoms with Gasteiger partial charge in [0.25, 0.3) is 0 Å². The van der Waals surface area contributed by atoms with Crippen molar-refractivity contribution in [1.29, 1.82) is 0 Å². The average Bonchev–Trinajstić information content (AvgIpc) is 3.16. The lowest BCUT2D eigenvalue weighted by atomic mass is 9.54. The predicted molar refractivity (Wildman–Crippen MR) is 145 cm³/mol. The van der Waals surface area contributed by atoms with Gasteiger partial charge in [0.1, 0.15) is 6.54 Å². The van der Waals surface area contributed by atoms with Crippen LogP contribution in [0.4, 0.5) is 0 Å². The van der Waals surface area contributed by atoms with Gasteiger partial charge < -0.3 is 4.74 Å². The van der Waals surface area contributed by atoms with Crippen molar-refractivity contribution < 1.29 is 23.9 Å². The minimum absolute atomic E-state index is 0.378. The SMILES string of the molecule is O=C(CN1C(=O)[C@@H]2[C@H](C1=O)C1(Br)c3ccccc3C2(Br)c2ccccc21)OCC(=O)c1ccc(Br)cc1. The fraction of sp³-hybridized carbons (Fsp3) is 0.214. The molecule has 1 fully saturated rings. The zero-order valence-corrected chi connectivity index (χ0v) is 23.9. The number of amides is 2. The first kappa shape index (κ1) is 24.7. The van der Waals surface area contributed by atoms with Crippen molar-refractivity contribution in [2.75, 3.05) is 13.2 Å². The van der Waals surface area contributed by atoms with Crippen molar-refractivity contribution in [3.05, 3.63) is 105 Å². The number of halogens is 3. The Morgan fingerprint density at radius 3 is 1.62 bits per heavy atom. The molecule has 0 radical (unpaired) electrons. The molecule has 1 heterocycles. The number of hydrogen-bond acceptors (Lipinski definition) is 5. The van der Waals surface area contributed by atoms with Gasteiger partial charge in [-0.15, -0.1) is 0 Å². The second-order valence-corrected chi connectivity index (χ2v) is 12.7. The van der Waals surface area contributed by atoms with Crippen molar-refractivity contribution in [2.45, 2.75) is 8.65 Å². The van der Waals surface area contributed by atoms with E-state index in [1.165, 1.54) is 0 Å². The number of ether oxygens (including phenoxy) is 1. The number of benzene rings is 3. The van der Waals surface area contributed by atoms with E-state index in [-0.39, 0.29) is 5.78 Å². The number of hydrogen-bond donors (Lipinski definition) is 0. The molecule has 0 N–H and O–H groups in total. The highest BCUT2D eigenvalue weighted by molar-refractivity contribution is 9.10. The van der Waals surface area contributed by atoms with Crippen LogP contribution in [-0.4, -0.2) is 41.6 Å². The van der Waals surface area contributed by atoms with Gasteiger partial charge in [-0.2, -0.15) is 0 Å². The number of rotatable bonds is 5. The molecule has 3 aromatic carbocycles. The molecule has 0 spiro atoms. The van der Waals surface area contributed by atoms with Crippen LogP contribution < -0.4 is 0 Å². The van der Waals surface area contributed by atoms with Gasteiger partial charge in [-0.05, 0) is 34.4 Å². The van der Waals surface area contributed by atoms with Crippen molar-refractivity contribution >= 4 is 71.4 Å². The van der Waals surface area contributed by atoms with E-state index < -0.39 is 51.4 Å². The molecule has 2 amide bonds. The topological polar surface area (TPSA) is 80.8 Å². The molecule has 0 saturated carbocycles. The van der Waals surface area contributed by atoms with E-state index in [9.17, 15) is 19.2 Å². The first-order valence-corrected chi connectivity index (χ1v) is 13.9. The molecule has 1 saturated heterocycles. The maximum absolute atomic E-state index is 13.8. The summed E-state index contributed by atoms with van der Waals surface area (Å²) in [5.41, 5.74) is 4.05. The molecule has 37 heavy (non-hydrogen) atoms. The molecule has 1 aliphatic heterocycles. The molecule has 2 bridgehead atoms. The number of nitrogens with zero attached hydrogens (tertiary/aromatic N) is 1. The summed E-state index contributed by atoms with van der Waals surface area (Å²) in [4.78, 5) is 53.7. The molecular formula is C28H18Br3NO5. The zero-order chi connectivity index (χ0) is 26.1. The number of likely N-dealkylation sites (tertiary alicyclic amines) is 1. The van der Waals surface area contributed by atoms with Crippen LogP contribution in [0.3, 0.4) is 0 Å². The summed E-state index contributed by atoms with van der Waals surface area (Å²) in [6.07, 6.45) is 0. The number of carbonyl (C=O) groups is 4. The quantitative estimate of drug-likeness (QED) is 0.162. The molecule has 6 nitrogen and oxygen atoms in total. The summed E-state index contributed by atoms with van der Waals surface area (Å²) in [5, 5.41) is 0. The second-order valence-electron chi connectivity index (χ2n) is 9.32. The number of carbonyl (C=O) groups excluding carboxylic acids is 4. The van der Waals surface area contributed by atoms with Crippen molar-refractivity contribution in [3.63, 3.8) is 0 Å². The predicted octanol–water partition coefficient (Wildman–Crippen LogP) is 5.08. The summed E-state index contributed by atoms with van der Waals surface area (Å²) < 4.78 is 4.14. The highest BCUT2D eigenvalue weighted by Crippen LogP contribution is 2.70. The lowest BCUT2D eigenvalue weighted by Gasteiger charge is -2.55. The van der Waals surface area contributed by atoms with Crippen LogP contribution in [0.25, 0.3) is 0 Å². The van der Waals surface area contributed by atoms with Crippen LogP contribution in [0, 0.1) is 11.8 Å². The van der Waals surface area contributed by atoms with Gasteiger partial charge in [0.2, 0.25) is 11.8 Å². The molecule has 7 rings (SSSR count). The Balaban J connectivity index is 1.30. The number of esters is 1. The molecule has 2 atom stereocenters. The highest BCUT2D eigenvalue weighted by Gasteiger charge is 2.72. The van der Waals surface area contributed by atoms with Gasteiger partial charge in [0, 0.05) is 10.0 Å². The summed E-state index contributed by atoms with van der Waals surface area (Å²) in [5.74, 6) is -3.62. The van der Waals surface area contributed by atoms with Gasteiger partial charge in [-0.25, -0.2) is 0 Å². The first-order chi connectivity index (χ1) is 17.7. The number of imide groups is 1. The maximum Gasteiger partial charge on any atom is 0.326 e. The Hall–Kier alpha value is -2.62. The number of alkyl halides is 2. The molecular weight excluding hydrogens is 670 g/mol. The van der Waals surface area contributed by atoms with Crippen LogP contribution in [0.1, 0.15) is 32.6 Å². The summed E-state index contributed by atoms with van der Waals surface area (Å²) in [7, 11) is 0. The summed E-state index contributed by atoms with van der Waals surface area (Å²) in [6.45, 7) is -1.04. The fourth-order valence-corrected chi connectivity index (χ4v) is 8.49. The van der Waals surface area contributed by atoms with Crippen LogP contribution in [0.5, 0.6) is 0 Å². The number of Topliss-reactive ketones (excluding diaryl/α,β-unsaturated/α-hetero) is 1. The van der Waals surface area contributed by atoms with Gasteiger partial charge in [-0.3, -0.25) is 24.1 Å². The van der Waals surface area contributed by atoms with Crippen molar-refractivity contribution in [1.82, 2.24) is 4.90 Å². The van der Waals surface area contributed by atoms with E-state index >= 15 is 0 Å². The molecule has 4 aliphatic rings. The Morgan fingerprint density at radius 2 is 1.19 bits per heavy atom. The van der Waals surface area contributed by atoms with E-state index in [4.69, 9.17) is 4.74 Å². The highest BCUT2D eigenvalue weighted by atomic mass is 79.9. The maximum atomic E-state index is 13.8. The lowest BCUT2D eigenvalue weighted by Crippen LogP contribution is -2.56. The normalized spacial score (nSPS) is 26.9. The van der Waals surface area contributed by atoms with Crippen molar-refractivity contribution in [3.8, 4) is 0 Å². The number of ketones is 1. The molecule has 3 aliphatic carbocycles. The average molecular weight is 688 g/mol. The standard InChI is InChI=1S/C28H18Br3NO5/c29-16-11-9-15(10-12-16)21(33)14-37-22(34)13-32-25(35)23-24(26(32)36)28(31)18-6-2-1-5-17(18)27(23,30)19-7-3-4-8-20(19)28/h1-12,23-24H,13-14H2/t23-,24+,27?,28?. The van der Waals surface area contributed by atoms with E-state index in [0.29, 0.717) is 5.56 Å². The van der Waals surface area contributed by atoms with Gasteiger partial charge in [-0.1, -0.05) is 108 Å². The van der Waals surface area contributed by atoms with Crippen LogP contribution >= 0.6 is 47.8 Å². The largest absolute Gasteiger partial charge is 0.456 e. The molecule has 9 heteroatoms. The Morgan fingerprint density at radius 1 is 0.757 bits per heavy atom. The zero-order valence-electron chi connectivity index (χ0n) is 19.1. The van der Waals surface area contributed by atoms with E-state index in [2.05, 4.69) is 47.8 Å².